The number of hydrogen-bond acceptors (Lipinski definition) is 4. The van der Waals surface area contributed by atoms with Crippen molar-refractivity contribution in [2.75, 3.05) is 10.2 Å². The highest BCUT2D eigenvalue weighted by Gasteiger charge is 2.23. The Balaban J connectivity index is 1.82. The van der Waals surface area contributed by atoms with Gasteiger partial charge in [-0.1, -0.05) is 18.2 Å². The van der Waals surface area contributed by atoms with E-state index in [2.05, 4.69) is 5.32 Å². The molecule has 0 heterocycles. The molecule has 31 heavy (non-hydrogen) atoms. The zero-order valence-electron chi connectivity index (χ0n) is 18.2. The first-order valence-corrected chi connectivity index (χ1v) is 11.8. The van der Waals surface area contributed by atoms with Crippen LogP contribution >= 0.6 is 0 Å². The number of carbonyl (C=O) groups is 1. The summed E-state index contributed by atoms with van der Waals surface area (Å²) < 4.78 is 24.7. The molecule has 0 unspecified atom stereocenters. The fourth-order valence-electron chi connectivity index (χ4n) is 3.24. The maximum absolute atomic E-state index is 13.2. The van der Waals surface area contributed by atoms with Crippen molar-refractivity contribution in [3.8, 4) is 0 Å². The number of para-hydroxylation sites is 1. The predicted molar refractivity (Wildman–Crippen MR) is 127 cm³/mol. The Morgan fingerprint density at radius 1 is 0.774 bits per heavy atom. The summed E-state index contributed by atoms with van der Waals surface area (Å²) in [6.45, 7) is 7.19. The van der Waals surface area contributed by atoms with Crippen LogP contribution < -0.4 is 10.2 Å². The molecule has 0 aromatic heterocycles. The lowest BCUT2D eigenvalue weighted by molar-refractivity contribution is 0.0980. The number of hydrogen-bond donors (Lipinski definition) is 1. The van der Waals surface area contributed by atoms with Crippen molar-refractivity contribution in [1.82, 2.24) is 0 Å². The summed E-state index contributed by atoms with van der Waals surface area (Å²) in [4.78, 5) is 15.2. The van der Waals surface area contributed by atoms with Gasteiger partial charge in [-0.15, -0.1) is 0 Å². The number of benzene rings is 3. The van der Waals surface area contributed by atoms with Gasteiger partial charge in [-0.3, -0.25) is 4.79 Å². The van der Waals surface area contributed by atoms with Crippen molar-refractivity contribution < 1.29 is 13.2 Å². The summed E-state index contributed by atoms with van der Waals surface area (Å²) in [5.74, 6) is -0.174. The summed E-state index contributed by atoms with van der Waals surface area (Å²) in [6, 6.07) is 23.7. The van der Waals surface area contributed by atoms with Gasteiger partial charge in [0.2, 0.25) is 0 Å². The summed E-state index contributed by atoms with van der Waals surface area (Å²) in [6.07, 6.45) is 0. The average molecular weight is 437 g/mol. The monoisotopic (exact) mass is 436 g/mol. The molecule has 162 valence electrons. The molecule has 3 aromatic carbocycles. The summed E-state index contributed by atoms with van der Waals surface area (Å²) in [7, 11) is -3.37. The van der Waals surface area contributed by atoms with Gasteiger partial charge in [0.25, 0.3) is 5.91 Å². The molecule has 1 amide bonds. The van der Waals surface area contributed by atoms with Gasteiger partial charge in [0.05, 0.1) is 10.1 Å². The lowest BCUT2D eigenvalue weighted by Gasteiger charge is -2.27. The number of sulfone groups is 1. The van der Waals surface area contributed by atoms with Gasteiger partial charge < -0.3 is 10.2 Å². The third kappa shape index (κ3) is 5.14. The van der Waals surface area contributed by atoms with Gasteiger partial charge in [0, 0.05) is 28.7 Å². The van der Waals surface area contributed by atoms with E-state index in [0.717, 1.165) is 17.1 Å². The molecule has 0 aliphatic rings. The highest BCUT2D eigenvalue weighted by Crippen LogP contribution is 2.25. The highest BCUT2D eigenvalue weighted by atomic mass is 32.2. The normalized spacial score (nSPS) is 11.5. The van der Waals surface area contributed by atoms with E-state index in [1.54, 1.807) is 30.9 Å². The van der Waals surface area contributed by atoms with Crippen molar-refractivity contribution in [2.24, 2.45) is 0 Å². The van der Waals surface area contributed by atoms with E-state index in [0.29, 0.717) is 5.56 Å². The second-order valence-electron chi connectivity index (χ2n) is 7.92. The first-order valence-electron chi connectivity index (χ1n) is 10.3. The van der Waals surface area contributed by atoms with E-state index in [1.807, 2.05) is 68.4 Å². The molecule has 3 rings (SSSR count). The minimum Gasteiger partial charge on any atom is -0.356 e. The first-order chi connectivity index (χ1) is 14.7. The van der Waals surface area contributed by atoms with Gasteiger partial charge in [0.15, 0.2) is 9.84 Å². The SMILES string of the molecule is CC(C)N(C(=O)c1ccc(S(=O)(=O)C(C)C)cc1)c1ccc(Nc2ccccc2)cc1. The van der Waals surface area contributed by atoms with Crippen LogP contribution in [0.15, 0.2) is 83.8 Å². The van der Waals surface area contributed by atoms with Crippen molar-refractivity contribution in [2.45, 2.75) is 43.9 Å². The molecule has 3 aromatic rings. The Morgan fingerprint density at radius 3 is 1.84 bits per heavy atom. The number of nitrogens with zero attached hydrogens (tertiary/aromatic N) is 1. The Hall–Kier alpha value is -3.12. The van der Waals surface area contributed by atoms with Crippen LogP contribution in [-0.4, -0.2) is 25.6 Å². The number of amides is 1. The Bertz CT molecular complexity index is 1120. The van der Waals surface area contributed by atoms with Crippen LogP contribution in [0, 0.1) is 0 Å². The van der Waals surface area contributed by atoms with E-state index >= 15 is 0 Å². The van der Waals surface area contributed by atoms with Gasteiger partial charge in [-0.2, -0.15) is 0 Å². The largest absolute Gasteiger partial charge is 0.356 e. The van der Waals surface area contributed by atoms with Crippen LogP contribution in [0.25, 0.3) is 0 Å². The third-order valence-electron chi connectivity index (χ3n) is 4.99. The van der Waals surface area contributed by atoms with E-state index < -0.39 is 15.1 Å². The number of rotatable bonds is 7. The molecule has 5 nitrogen and oxygen atoms in total. The third-order valence-corrected chi connectivity index (χ3v) is 7.16. The fourth-order valence-corrected chi connectivity index (χ4v) is 4.30. The van der Waals surface area contributed by atoms with E-state index in [1.165, 1.54) is 12.1 Å². The van der Waals surface area contributed by atoms with Gasteiger partial charge in [-0.25, -0.2) is 8.42 Å². The van der Waals surface area contributed by atoms with Crippen LogP contribution in [0.2, 0.25) is 0 Å². The van der Waals surface area contributed by atoms with Gasteiger partial charge in [0.1, 0.15) is 0 Å². The van der Waals surface area contributed by atoms with Crippen LogP contribution in [0.5, 0.6) is 0 Å². The van der Waals surface area contributed by atoms with Crippen LogP contribution in [-0.2, 0) is 9.84 Å². The summed E-state index contributed by atoms with van der Waals surface area (Å²) in [5, 5.41) is 2.82. The average Bonchev–Trinajstić information content (AvgIpc) is 2.75. The maximum Gasteiger partial charge on any atom is 0.258 e. The summed E-state index contributed by atoms with van der Waals surface area (Å²) >= 11 is 0. The van der Waals surface area contributed by atoms with Crippen molar-refractivity contribution in [3.05, 3.63) is 84.4 Å². The molecule has 1 N–H and O–H groups in total. The molecule has 0 bridgehead atoms. The molecule has 0 saturated carbocycles. The molecule has 0 aliphatic carbocycles. The number of anilines is 3. The molecule has 0 radical (unpaired) electrons. The molecule has 0 spiro atoms. The lowest BCUT2D eigenvalue weighted by Crippen LogP contribution is -2.37. The van der Waals surface area contributed by atoms with Gasteiger partial charge >= 0.3 is 0 Å². The molecule has 0 aliphatic heterocycles. The van der Waals surface area contributed by atoms with Crippen LogP contribution in [0.3, 0.4) is 0 Å². The van der Waals surface area contributed by atoms with Crippen LogP contribution in [0.1, 0.15) is 38.1 Å². The van der Waals surface area contributed by atoms with Crippen LogP contribution in [0.4, 0.5) is 17.1 Å². The quantitative estimate of drug-likeness (QED) is 0.518. The standard InChI is InChI=1S/C25H28N2O3S/c1-18(2)27(23-14-12-22(13-15-23)26-21-8-6-5-7-9-21)25(28)20-10-16-24(17-11-20)31(29,30)19(3)4/h5-19,26H,1-4H3. The smallest absolute Gasteiger partial charge is 0.258 e. The maximum atomic E-state index is 13.2. The zero-order chi connectivity index (χ0) is 22.6. The zero-order valence-corrected chi connectivity index (χ0v) is 19.1. The lowest BCUT2D eigenvalue weighted by atomic mass is 10.1. The Morgan fingerprint density at radius 2 is 1.32 bits per heavy atom. The minimum absolute atomic E-state index is 0.0699. The van der Waals surface area contributed by atoms with Gasteiger partial charge in [-0.05, 0) is 88.4 Å². The minimum atomic E-state index is -3.37. The Labute approximate surface area is 184 Å². The second-order valence-corrected chi connectivity index (χ2v) is 10.4. The van der Waals surface area contributed by atoms with Crippen molar-refractivity contribution in [3.63, 3.8) is 0 Å². The van der Waals surface area contributed by atoms with Crippen molar-refractivity contribution >= 4 is 32.8 Å². The summed E-state index contributed by atoms with van der Waals surface area (Å²) in [5.41, 5.74) is 3.14. The predicted octanol–water partition coefficient (Wildman–Crippen LogP) is 5.67. The second kappa shape index (κ2) is 9.35. The Kier molecular flexibility index (Phi) is 6.81. The van der Waals surface area contributed by atoms with E-state index in [4.69, 9.17) is 0 Å². The molecular weight excluding hydrogens is 408 g/mol. The van der Waals surface area contributed by atoms with E-state index in [9.17, 15) is 13.2 Å². The first kappa shape index (κ1) is 22.6. The highest BCUT2D eigenvalue weighted by molar-refractivity contribution is 7.92. The number of nitrogens with one attached hydrogen (secondary N) is 1. The van der Waals surface area contributed by atoms with Crippen molar-refractivity contribution in [1.29, 1.82) is 0 Å². The molecular formula is C25H28N2O3S. The molecule has 0 saturated heterocycles. The topological polar surface area (TPSA) is 66.5 Å². The number of carbonyl (C=O) groups excluding carboxylic acids is 1. The molecule has 0 fully saturated rings. The molecule has 0 atom stereocenters. The molecule has 6 heteroatoms. The fraction of sp³-hybridized carbons (Fsp3) is 0.240. The van der Waals surface area contributed by atoms with E-state index in [-0.39, 0.29) is 16.8 Å².